The molecule has 5 atom stereocenters. The predicted octanol–water partition coefficient (Wildman–Crippen LogP) is 2.63. The van der Waals surface area contributed by atoms with Gasteiger partial charge in [-0.3, -0.25) is 4.90 Å². The minimum Gasteiger partial charge on any atom is -0.497 e. The lowest BCUT2D eigenvalue weighted by Crippen LogP contribution is -2.68. The molecule has 0 radical (unpaired) electrons. The molecule has 1 saturated carbocycles. The second kappa shape index (κ2) is 5.40. The molecule has 0 spiro atoms. The van der Waals surface area contributed by atoms with Crippen molar-refractivity contribution in [2.45, 2.75) is 43.7 Å². The molecule has 2 saturated heterocycles. The molecule has 3 fully saturated rings. The quantitative estimate of drug-likeness (QED) is 0.908. The summed E-state index contributed by atoms with van der Waals surface area (Å²) in [6, 6.07) is 7.78. The molecule has 1 aromatic rings. The van der Waals surface area contributed by atoms with Gasteiger partial charge in [-0.05, 0) is 66.8 Å². The van der Waals surface area contributed by atoms with E-state index >= 15 is 0 Å². The van der Waals surface area contributed by atoms with Crippen LogP contribution in [0.3, 0.4) is 0 Å². The number of rotatable bonds is 2. The lowest BCUT2D eigenvalue weighted by molar-refractivity contribution is -0.0993. The Morgan fingerprint density at radius 1 is 1.36 bits per heavy atom. The van der Waals surface area contributed by atoms with E-state index in [1.807, 2.05) is 0 Å². The smallest absolute Gasteiger partial charge is 0.119 e. The predicted molar refractivity (Wildman–Crippen MR) is 89.9 cm³/mol. The van der Waals surface area contributed by atoms with Gasteiger partial charge in [0.15, 0.2) is 0 Å². The highest BCUT2D eigenvalue weighted by atomic mass is 35.5. The standard InChI is InChI=1S/C18H25NO2.ClH/c1-18-9-17-12(10-20)6-15(18)16(19(17)2)7-11-4-5-13(21-3)8-14(11)18;/h4-5,8,12,15-17,20H,6-7,9-10H2,1-3H3;1H/t12-,15?,16?,17?,18+;/m1./s1. The summed E-state index contributed by atoms with van der Waals surface area (Å²) in [5.74, 6) is 2.09. The maximum absolute atomic E-state index is 9.71. The molecular weight excluding hydrogens is 298 g/mol. The van der Waals surface area contributed by atoms with Gasteiger partial charge in [0.2, 0.25) is 0 Å². The van der Waals surface area contributed by atoms with Crippen molar-refractivity contribution in [1.29, 1.82) is 0 Å². The third-order valence-corrected chi connectivity index (χ3v) is 6.66. The van der Waals surface area contributed by atoms with E-state index in [1.165, 1.54) is 17.5 Å². The largest absolute Gasteiger partial charge is 0.497 e. The highest BCUT2D eigenvalue weighted by molar-refractivity contribution is 5.85. The summed E-state index contributed by atoms with van der Waals surface area (Å²) in [5, 5.41) is 9.71. The normalized spacial score (nSPS) is 39.1. The number of benzene rings is 1. The Kier molecular flexibility index (Phi) is 3.95. The number of piperidine rings is 2. The number of aliphatic hydroxyl groups excluding tert-OH is 1. The average molecular weight is 324 g/mol. The Hall–Kier alpha value is -0.770. The van der Waals surface area contributed by atoms with Gasteiger partial charge in [-0.25, -0.2) is 0 Å². The van der Waals surface area contributed by atoms with Crippen LogP contribution in [0, 0.1) is 11.8 Å². The third kappa shape index (κ3) is 1.95. The van der Waals surface area contributed by atoms with Crippen LogP contribution in [0.1, 0.15) is 30.9 Å². The number of ether oxygens (including phenoxy) is 1. The lowest BCUT2D eigenvalue weighted by Gasteiger charge is -2.64. The van der Waals surface area contributed by atoms with Gasteiger partial charge in [0.05, 0.1) is 7.11 Å². The van der Waals surface area contributed by atoms with Gasteiger partial charge in [-0.15, -0.1) is 12.4 Å². The van der Waals surface area contributed by atoms with Crippen LogP contribution in [-0.4, -0.2) is 42.9 Å². The third-order valence-electron chi connectivity index (χ3n) is 6.66. The maximum Gasteiger partial charge on any atom is 0.119 e. The Bertz CT molecular complexity index is 578. The fraction of sp³-hybridized carbons (Fsp3) is 0.667. The van der Waals surface area contributed by atoms with Crippen LogP contribution >= 0.6 is 12.4 Å². The molecule has 3 unspecified atom stereocenters. The Morgan fingerprint density at radius 2 is 2.14 bits per heavy atom. The molecular formula is C18H26ClNO2. The molecule has 4 aliphatic rings. The van der Waals surface area contributed by atoms with Crippen LogP contribution in [0.4, 0.5) is 0 Å². The van der Waals surface area contributed by atoms with Gasteiger partial charge in [-0.2, -0.15) is 0 Å². The summed E-state index contributed by atoms with van der Waals surface area (Å²) in [6.45, 7) is 2.77. The molecule has 2 heterocycles. The van der Waals surface area contributed by atoms with E-state index in [1.54, 1.807) is 7.11 Å². The number of fused-ring (bicyclic) bond motifs is 2. The molecule has 22 heavy (non-hydrogen) atoms. The zero-order valence-electron chi connectivity index (χ0n) is 13.6. The Balaban J connectivity index is 0.00000144. The van der Waals surface area contributed by atoms with Crippen molar-refractivity contribution in [2.24, 2.45) is 11.8 Å². The summed E-state index contributed by atoms with van der Waals surface area (Å²) in [7, 11) is 4.01. The number of hydrogen-bond acceptors (Lipinski definition) is 3. The number of halogens is 1. The fourth-order valence-electron chi connectivity index (χ4n) is 5.49. The minimum atomic E-state index is 0. The molecule has 5 rings (SSSR count). The average Bonchev–Trinajstić information content (AvgIpc) is 2.50. The molecule has 122 valence electrons. The summed E-state index contributed by atoms with van der Waals surface area (Å²) >= 11 is 0. The van der Waals surface area contributed by atoms with E-state index in [9.17, 15) is 5.11 Å². The summed E-state index contributed by atoms with van der Waals surface area (Å²) < 4.78 is 5.46. The molecule has 2 aliphatic carbocycles. The van der Waals surface area contributed by atoms with Crippen molar-refractivity contribution in [3.63, 3.8) is 0 Å². The van der Waals surface area contributed by atoms with Gasteiger partial charge in [0.25, 0.3) is 0 Å². The Labute approximate surface area is 139 Å². The van der Waals surface area contributed by atoms with Crippen LogP contribution in [-0.2, 0) is 11.8 Å². The van der Waals surface area contributed by atoms with Crippen molar-refractivity contribution in [2.75, 3.05) is 20.8 Å². The highest BCUT2D eigenvalue weighted by Gasteiger charge is 2.58. The van der Waals surface area contributed by atoms with Crippen LogP contribution in [0.15, 0.2) is 18.2 Å². The van der Waals surface area contributed by atoms with Crippen molar-refractivity contribution in [3.05, 3.63) is 29.3 Å². The van der Waals surface area contributed by atoms with E-state index in [0.29, 0.717) is 30.5 Å². The first kappa shape index (κ1) is 16.1. The second-order valence-corrected chi connectivity index (χ2v) is 7.43. The molecule has 1 aromatic carbocycles. The molecule has 3 nitrogen and oxygen atoms in total. The summed E-state index contributed by atoms with van der Waals surface area (Å²) in [5.41, 5.74) is 3.24. The number of nitrogens with zero attached hydrogens (tertiary/aromatic N) is 1. The first-order chi connectivity index (χ1) is 10.1. The first-order valence-electron chi connectivity index (χ1n) is 8.08. The van der Waals surface area contributed by atoms with Crippen LogP contribution in [0.25, 0.3) is 0 Å². The first-order valence-corrected chi connectivity index (χ1v) is 8.08. The molecule has 0 amide bonds. The van der Waals surface area contributed by atoms with Crippen molar-refractivity contribution < 1.29 is 9.84 Å². The van der Waals surface area contributed by atoms with Gasteiger partial charge in [-0.1, -0.05) is 13.0 Å². The number of aliphatic hydroxyl groups is 1. The minimum absolute atomic E-state index is 0. The summed E-state index contributed by atoms with van der Waals surface area (Å²) in [4.78, 5) is 2.56. The van der Waals surface area contributed by atoms with Gasteiger partial charge in [0, 0.05) is 18.7 Å². The van der Waals surface area contributed by atoms with Crippen molar-refractivity contribution in [3.8, 4) is 5.75 Å². The molecule has 4 bridgehead atoms. The van der Waals surface area contributed by atoms with Crippen LogP contribution in [0.2, 0.25) is 0 Å². The van der Waals surface area contributed by atoms with E-state index in [-0.39, 0.29) is 17.8 Å². The van der Waals surface area contributed by atoms with Crippen molar-refractivity contribution in [1.82, 2.24) is 4.90 Å². The monoisotopic (exact) mass is 323 g/mol. The SMILES string of the molecule is COc1ccc2c(c1)[C@]1(C)CC3[C@@H](CO)CC1C(C2)N3C.Cl. The molecule has 0 aromatic heterocycles. The van der Waals surface area contributed by atoms with E-state index in [2.05, 4.69) is 37.1 Å². The number of likely N-dealkylation sites (N-methyl/N-ethyl adjacent to an activating group) is 1. The topological polar surface area (TPSA) is 32.7 Å². The Morgan fingerprint density at radius 3 is 2.82 bits per heavy atom. The van der Waals surface area contributed by atoms with Gasteiger partial charge >= 0.3 is 0 Å². The van der Waals surface area contributed by atoms with E-state index in [0.717, 1.165) is 18.6 Å². The lowest BCUT2D eigenvalue weighted by atomic mass is 9.50. The molecule has 2 aliphatic heterocycles. The van der Waals surface area contributed by atoms with Crippen LogP contribution < -0.4 is 4.74 Å². The summed E-state index contributed by atoms with van der Waals surface area (Å²) in [6.07, 6.45) is 3.48. The zero-order chi connectivity index (χ0) is 14.8. The second-order valence-electron chi connectivity index (χ2n) is 7.43. The van der Waals surface area contributed by atoms with E-state index < -0.39 is 0 Å². The fourth-order valence-corrected chi connectivity index (χ4v) is 5.49. The maximum atomic E-state index is 9.71. The van der Waals surface area contributed by atoms with Gasteiger partial charge in [0.1, 0.15) is 5.75 Å². The zero-order valence-corrected chi connectivity index (χ0v) is 14.4. The molecule has 1 N–H and O–H groups in total. The highest BCUT2D eigenvalue weighted by Crippen LogP contribution is 2.57. The van der Waals surface area contributed by atoms with E-state index in [4.69, 9.17) is 4.74 Å². The molecule has 4 heteroatoms. The van der Waals surface area contributed by atoms with Gasteiger partial charge < -0.3 is 9.84 Å². The van der Waals surface area contributed by atoms with Crippen LogP contribution in [0.5, 0.6) is 5.75 Å². The number of methoxy groups -OCH3 is 1. The van der Waals surface area contributed by atoms with Crippen molar-refractivity contribution >= 4 is 12.4 Å². The number of hydrogen-bond donors (Lipinski definition) is 1.